The molecule has 0 aromatic carbocycles. The van der Waals surface area contributed by atoms with Gasteiger partial charge in [0.2, 0.25) is 0 Å². The molecule has 0 spiro atoms. The highest BCUT2D eigenvalue weighted by molar-refractivity contribution is 6.21. The molecule has 1 aromatic heterocycles. The first kappa shape index (κ1) is 13.2. The Bertz CT molecular complexity index is 344. The standard InChI is InChI=1S/C11H17ClFN3/c1-4-9-10(13)11(16-6-15-9)14-5-8(12)7(2)3/h6-8H,4-5H2,1-3H3,(H,14,15,16). The van der Waals surface area contributed by atoms with E-state index in [2.05, 4.69) is 15.3 Å². The Balaban J connectivity index is 2.67. The minimum atomic E-state index is -0.377. The van der Waals surface area contributed by atoms with Crippen LogP contribution in [0.4, 0.5) is 10.2 Å². The number of aromatic nitrogens is 2. The molecular formula is C11H17ClFN3. The molecule has 1 atom stereocenters. The van der Waals surface area contributed by atoms with Crippen molar-refractivity contribution in [2.75, 3.05) is 11.9 Å². The topological polar surface area (TPSA) is 37.8 Å². The number of aryl methyl sites for hydroxylation is 1. The molecule has 1 heterocycles. The molecule has 3 nitrogen and oxygen atoms in total. The fraction of sp³-hybridized carbons (Fsp3) is 0.636. The zero-order valence-electron chi connectivity index (χ0n) is 9.80. The summed E-state index contributed by atoms with van der Waals surface area (Å²) in [7, 11) is 0. The second-order valence-corrected chi connectivity index (χ2v) is 4.54. The molecule has 1 N–H and O–H groups in total. The Kier molecular flexibility index (Phi) is 4.93. The Hall–Kier alpha value is -0.900. The largest absolute Gasteiger partial charge is 0.366 e. The van der Waals surface area contributed by atoms with Crippen LogP contribution in [0.15, 0.2) is 6.33 Å². The number of nitrogens with one attached hydrogen (secondary N) is 1. The van der Waals surface area contributed by atoms with Crippen molar-refractivity contribution in [3.05, 3.63) is 17.8 Å². The van der Waals surface area contributed by atoms with Gasteiger partial charge in [0.15, 0.2) is 11.6 Å². The van der Waals surface area contributed by atoms with Gasteiger partial charge >= 0.3 is 0 Å². The molecule has 90 valence electrons. The summed E-state index contributed by atoms with van der Waals surface area (Å²) >= 11 is 6.06. The van der Waals surface area contributed by atoms with Gasteiger partial charge < -0.3 is 5.32 Å². The minimum Gasteiger partial charge on any atom is -0.366 e. The van der Waals surface area contributed by atoms with Crippen molar-refractivity contribution >= 4 is 17.4 Å². The number of anilines is 1. The SMILES string of the molecule is CCc1ncnc(NCC(Cl)C(C)C)c1F. The van der Waals surface area contributed by atoms with E-state index in [4.69, 9.17) is 11.6 Å². The van der Waals surface area contributed by atoms with Gasteiger partial charge in [-0.3, -0.25) is 0 Å². The van der Waals surface area contributed by atoms with Crippen LogP contribution in [0, 0.1) is 11.7 Å². The number of halogens is 2. The highest BCUT2D eigenvalue weighted by Gasteiger charge is 2.13. The van der Waals surface area contributed by atoms with Gasteiger partial charge in [0.1, 0.15) is 6.33 Å². The van der Waals surface area contributed by atoms with Gasteiger partial charge in [-0.15, -0.1) is 11.6 Å². The maximum absolute atomic E-state index is 13.7. The molecular weight excluding hydrogens is 229 g/mol. The van der Waals surface area contributed by atoms with Crippen LogP contribution < -0.4 is 5.32 Å². The molecule has 0 bridgehead atoms. The smallest absolute Gasteiger partial charge is 0.186 e. The van der Waals surface area contributed by atoms with Crippen LogP contribution in [-0.4, -0.2) is 21.9 Å². The van der Waals surface area contributed by atoms with Crippen LogP contribution in [0.25, 0.3) is 0 Å². The van der Waals surface area contributed by atoms with Gasteiger partial charge in [-0.05, 0) is 12.3 Å². The fourth-order valence-corrected chi connectivity index (χ4v) is 1.28. The van der Waals surface area contributed by atoms with Gasteiger partial charge in [-0.2, -0.15) is 0 Å². The molecule has 0 saturated heterocycles. The van der Waals surface area contributed by atoms with Crippen LogP contribution in [-0.2, 0) is 6.42 Å². The summed E-state index contributed by atoms with van der Waals surface area (Å²) < 4.78 is 13.7. The molecule has 1 rings (SSSR count). The first-order chi connectivity index (χ1) is 7.56. The minimum absolute atomic E-state index is 0.0422. The van der Waals surface area contributed by atoms with E-state index in [0.29, 0.717) is 24.6 Å². The van der Waals surface area contributed by atoms with E-state index in [1.165, 1.54) is 6.33 Å². The maximum Gasteiger partial charge on any atom is 0.186 e. The van der Waals surface area contributed by atoms with Crippen molar-refractivity contribution < 1.29 is 4.39 Å². The predicted molar refractivity (Wildman–Crippen MR) is 64.3 cm³/mol. The zero-order chi connectivity index (χ0) is 12.1. The number of nitrogens with zero attached hydrogens (tertiary/aromatic N) is 2. The number of hydrogen-bond acceptors (Lipinski definition) is 3. The van der Waals surface area contributed by atoms with Crippen molar-refractivity contribution in [2.45, 2.75) is 32.6 Å². The van der Waals surface area contributed by atoms with Gasteiger partial charge in [0.25, 0.3) is 0 Å². The number of rotatable bonds is 5. The van der Waals surface area contributed by atoms with Crippen LogP contribution in [0.1, 0.15) is 26.5 Å². The van der Waals surface area contributed by atoms with E-state index in [0.717, 1.165) is 0 Å². The zero-order valence-corrected chi connectivity index (χ0v) is 10.6. The Morgan fingerprint density at radius 3 is 2.69 bits per heavy atom. The quantitative estimate of drug-likeness (QED) is 0.811. The first-order valence-corrected chi connectivity index (χ1v) is 5.87. The Labute approximate surface area is 100 Å². The monoisotopic (exact) mass is 245 g/mol. The Morgan fingerprint density at radius 2 is 2.12 bits per heavy atom. The average Bonchev–Trinajstić information content (AvgIpc) is 2.27. The predicted octanol–water partition coefficient (Wildman–Crippen LogP) is 2.85. The lowest BCUT2D eigenvalue weighted by Crippen LogP contribution is -2.21. The molecule has 1 aromatic rings. The molecule has 0 radical (unpaired) electrons. The number of alkyl halides is 1. The van der Waals surface area contributed by atoms with Crippen molar-refractivity contribution in [1.29, 1.82) is 0 Å². The molecule has 0 saturated carbocycles. The molecule has 0 amide bonds. The highest BCUT2D eigenvalue weighted by atomic mass is 35.5. The van der Waals surface area contributed by atoms with E-state index < -0.39 is 0 Å². The molecule has 0 aliphatic rings. The molecule has 16 heavy (non-hydrogen) atoms. The van der Waals surface area contributed by atoms with Crippen molar-refractivity contribution in [3.63, 3.8) is 0 Å². The Morgan fingerprint density at radius 1 is 1.44 bits per heavy atom. The van der Waals surface area contributed by atoms with Gasteiger partial charge in [0, 0.05) is 6.54 Å². The molecule has 5 heteroatoms. The maximum atomic E-state index is 13.7. The first-order valence-electron chi connectivity index (χ1n) is 5.43. The van der Waals surface area contributed by atoms with Gasteiger partial charge in [-0.1, -0.05) is 20.8 Å². The average molecular weight is 246 g/mol. The lowest BCUT2D eigenvalue weighted by molar-refractivity contribution is 0.587. The van der Waals surface area contributed by atoms with Gasteiger partial charge in [0.05, 0.1) is 11.1 Å². The molecule has 1 unspecified atom stereocenters. The van der Waals surface area contributed by atoms with Crippen LogP contribution in [0.2, 0.25) is 0 Å². The molecule has 0 fully saturated rings. The lowest BCUT2D eigenvalue weighted by atomic mass is 10.1. The van der Waals surface area contributed by atoms with Crippen LogP contribution >= 0.6 is 11.6 Å². The van der Waals surface area contributed by atoms with Crippen molar-refractivity contribution in [2.24, 2.45) is 5.92 Å². The summed E-state index contributed by atoms with van der Waals surface area (Å²) in [5, 5.41) is 2.87. The van der Waals surface area contributed by atoms with E-state index >= 15 is 0 Å². The molecule has 0 aliphatic carbocycles. The summed E-state index contributed by atoms with van der Waals surface area (Å²) in [6, 6.07) is 0. The van der Waals surface area contributed by atoms with Crippen molar-refractivity contribution in [3.8, 4) is 0 Å². The fourth-order valence-electron chi connectivity index (χ4n) is 1.21. The van der Waals surface area contributed by atoms with E-state index in [9.17, 15) is 4.39 Å². The summed E-state index contributed by atoms with van der Waals surface area (Å²) in [6.07, 6.45) is 1.92. The molecule has 0 aliphatic heterocycles. The summed E-state index contributed by atoms with van der Waals surface area (Å²) in [6.45, 7) is 6.39. The van der Waals surface area contributed by atoms with E-state index in [-0.39, 0.29) is 17.0 Å². The number of hydrogen-bond donors (Lipinski definition) is 1. The third-order valence-electron chi connectivity index (χ3n) is 2.38. The summed E-state index contributed by atoms with van der Waals surface area (Å²) in [5.41, 5.74) is 0.424. The third-order valence-corrected chi connectivity index (χ3v) is 3.04. The van der Waals surface area contributed by atoms with E-state index in [1.54, 1.807) is 0 Å². The van der Waals surface area contributed by atoms with Crippen LogP contribution in [0.3, 0.4) is 0 Å². The summed E-state index contributed by atoms with van der Waals surface area (Å²) in [4.78, 5) is 7.72. The van der Waals surface area contributed by atoms with Crippen molar-refractivity contribution in [1.82, 2.24) is 9.97 Å². The second-order valence-electron chi connectivity index (χ2n) is 3.98. The van der Waals surface area contributed by atoms with E-state index in [1.807, 2.05) is 20.8 Å². The van der Waals surface area contributed by atoms with Crippen LogP contribution in [0.5, 0.6) is 0 Å². The normalized spacial score (nSPS) is 12.9. The summed E-state index contributed by atoms with van der Waals surface area (Å²) in [5.74, 6) is 0.195. The third kappa shape index (κ3) is 3.30. The lowest BCUT2D eigenvalue weighted by Gasteiger charge is -2.15. The van der Waals surface area contributed by atoms with Gasteiger partial charge in [-0.25, -0.2) is 14.4 Å². The highest BCUT2D eigenvalue weighted by Crippen LogP contribution is 2.15. The second kappa shape index (κ2) is 5.99.